The number of para-hydroxylation sites is 1. The number of aryl methyl sites for hydroxylation is 1. The normalized spacial score (nSPS) is 14.7. The van der Waals surface area contributed by atoms with Crippen molar-refractivity contribution in [3.63, 3.8) is 0 Å². The molecule has 27 heavy (non-hydrogen) atoms. The average molecular weight is 380 g/mol. The van der Waals surface area contributed by atoms with Gasteiger partial charge in [-0.1, -0.05) is 36.4 Å². The van der Waals surface area contributed by atoms with E-state index in [9.17, 15) is 4.79 Å². The van der Waals surface area contributed by atoms with Gasteiger partial charge < -0.3 is 5.32 Å². The summed E-state index contributed by atoms with van der Waals surface area (Å²) in [6.07, 6.45) is 3.77. The van der Waals surface area contributed by atoms with Gasteiger partial charge in [-0.25, -0.2) is 4.98 Å². The lowest BCUT2D eigenvalue weighted by molar-refractivity contribution is -0.121. The van der Waals surface area contributed by atoms with Gasteiger partial charge in [0.05, 0.1) is 15.2 Å². The summed E-state index contributed by atoms with van der Waals surface area (Å²) < 4.78 is 1.18. The molecule has 1 amide bonds. The van der Waals surface area contributed by atoms with Crippen molar-refractivity contribution in [1.29, 1.82) is 0 Å². The standard InChI is InChI=1S/C22H25N3OS/c26-21(11-12-22-24-19-9-3-4-10-20(19)27-22)23-15-17-7-1-2-8-18(17)16-25-13-5-6-14-25/h1-4,7-10H,5-6,11-16H2,(H,23,26). The molecule has 1 fully saturated rings. The number of rotatable bonds is 7. The van der Waals surface area contributed by atoms with Crippen LogP contribution in [0, 0.1) is 0 Å². The van der Waals surface area contributed by atoms with Crippen LogP contribution in [0.25, 0.3) is 10.2 Å². The Labute approximate surface area is 164 Å². The lowest BCUT2D eigenvalue weighted by atomic mass is 10.1. The van der Waals surface area contributed by atoms with Gasteiger partial charge in [0.15, 0.2) is 0 Å². The number of carbonyl (C=O) groups excluding carboxylic acids is 1. The Hall–Kier alpha value is -2.24. The molecule has 1 aliphatic rings. The second-order valence-corrected chi connectivity index (χ2v) is 8.22. The van der Waals surface area contributed by atoms with Gasteiger partial charge in [0.1, 0.15) is 0 Å². The number of likely N-dealkylation sites (tertiary alicyclic amines) is 1. The van der Waals surface area contributed by atoms with E-state index < -0.39 is 0 Å². The third-order valence-electron chi connectivity index (χ3n) is 5.09. The SMILES string of the molecule is O=C(CCc1nc2ccccc2s1)NCc1ccccc1CN1CCCC1. The summed E-state index contributed by atoms with van der Waals surface area (Å²) in [6.45, 7) is 3.95. The summed E-state index contributed by atoms with van der Waals surface area (Å²) in [5, 5.41) is 4.12. The zero-order valence-corrected chi connectivity index (χ0v) is 16.3. The highest BCUT2D eigenvalue weighted by atomic mass is 32.1. The predicted molar refractivity (Wildman–Crippen MR) is 111 cm³/mol. The summed E-state index contributed by atoms with van der Waals surface area (Å²) in [5.41, 5.74) is 3.57. The first kappa shape index (κ1) is 18.1. The highest BCUT2D eigenvalue weighted by molar-refractivity contribution is 7.18. The summed E-state index contributed by atoms with van der Waals surface area (Å²) in [4.78, 5) is 19.4. The van der Waals surface area contributed by atoms with Crippen molar-refractivity contribution in [3.05, 3.63) is 64.7 Å². The molecule has 2 heterocycles. The Kier molecular flexibility index (Phi) is 5.80. The molecular formula is C22H25N3OS. The second kappa shape index (κ2) is 8.63. The molecule has 0 saturated carbocycles. The molecule has 4 rings (SSSR count). The van der Waals surface area contributed by atoms with Gasteiger partial charge >= 0.3 is 0 Å². The first-order chi connectivity index (χ1) is 13.3. The molecule has 0 aliphatic carbocycles. The largest absolute Gasteiger partial charge is 0.352 e. The number of nitrogens with one attached hydrogen (secondary N) is 1. The molecule has 3 aromatic rings. The Morgan fingerprint density at radius 2 is 1.78 bits per heavy atom. The van der Waals surface area contributed by atoms with Gasteiger partial charge in [-0.05, 0) is 49.2 Å². The maximum atomic E-state index is 12.3. The Bertz CT molecular complexity index is 882. The Morgan fingerprint density at radius 3 is 2.59 bits per heavy atom. The van der Waals surface area contributed by atoms with E-state index in [1.165, 1.54) is 41.8 Å². The molecule has 140 valence electrons. The minimum atomic E-state index is 0.0882. The molecule has 1 aromatic heterocycles. The molecule has 1 saturated heterocycles. The van der Waals surface area contributed by atoms with Crippen LogP contribution in [-0.2, 0) is 24.3 Å². The van der Waals surface area contributed by atoms with Crippen LogP contribution in [0.4, 0.5) is 0 Å². The molecule has 1 aliphatic heterocycles. The number of nitrogens with zero attached hydrogens (tertiary/aromatic N) is 2. The maximum Gasteiger partial charge on any atom is 0.220 e. The smallest absolute Gasteiger partial charge is 0.220 e. The first-order valence-electron chi connectivity index (χ1n) is 9.68. The number of benzene rings is 2. The summed E-state index contributed by atoms with van der Waals surface area (Å²) in [6, 6.07) is 16.6. The zero-order valence-electron chi connectivity index (χ0n) is 15.5. The van der Waals surface area contributed by atoms with Crippen molar-refractivity contribution < 1.29 is 4.79 Å². The monoisotopic (exact) mass is 379 g/mol. The molecular weight excluding hydrogens is 354 g/mol. The highest BCUT2D eigenvalue weighted by Crippen LogP contribution is 2.22. The fraction of sp³-hybridized carbons (Fsp3) is 0.364. The molecule has 4 nitrogen and oxygen atoms in total. The fourth-order valence-electron chi connectivity index (χ4n) is 3.60. The van der Waals surface area contributed by atoms with Gasteiger partial charge in [0.2, 0.25) is 5.91 Å². The maximum absolute atomic E-state index is 12.3. The van der Waals surface area contributed by atoms with Crippen LogP contribution in [0.2, 0.25) is 0 Å². The molecule has 2 aromatic carbocycles. The number of amides is 1. The van der Waals surface area contributed by atoms with Crippen LogP contribution in [0.15, 0.2) is 48.5 Å². The molecule has 0 atom stereocenters. The highest BCUT2D eigenvalue weighted by Gasteiger charge is 2.14. The number of thiazole rings is 1. The van der Waals surface area contributed by atoms with Gasteiger partial charge in [0, 0.05) is 25.9 Å². The Balaban J connectivity index is 1.30. The Morgan fingerprint density at radius 1 is 1.04 bits per heavy atom. The quantitative estimate of drug-likeness (QED) is 0.671. The number of hydrogen-bond donors (Lipinski definition) is 1. The third-order valence-corrected chi connectivity index (χ3v) is 6.19. The van der Waals surface area contributed by atoms with E-state index in [0.29, 0.717) is 19.4 Å². The minimum Gasteiger partial charge on any atom is -0.352 e. The van der Waals surface area contributed by atoms with Crippen molar-refractivity contribution in [2.24, 2.45) is 0 Å². The van der Waals surface area contributed by atoms with Crippen LogP contribution in [0.5, 0.6) is 0 Å². The lowest BCUT2D eigenvalue weighted by Crippen LogP contribution is -2.25. The van der Waals surface area contributed by atoms with E-state index in [1.54, 1.807) is 11.3 Å². The van der Waals surface area contributed by atoms with Crippen molar-refractivity contribution >= 4 is 27.5 Å². The van der Waals surface area contributed by atoms with Crippen LogP contribution in [0.3, 0.4) is 0 Å². The average Bonchev–Trinajstić information content (AvgIpc) is 3.34. The minimum absolute atomic E-state index is 0.0882. The molecule has 0 unspecified atom stereocenters. The van der Waals surface area contributed by atoms with Crippen molar-refractivity contribution in [1.82, 2.24) is 15.2 Å². The van der Waals surface area contributed by atoms with Crippen molar-refractivity contribution in [3.8, 4) is 0 Å². The van der Waals surface area contributed by atoms with E-state index in [0.717, 1.165) is 17.1 Å². The summed E-state index contributed by atoms with van der Waals surface area (Å²) in [5.74, 6) is 0.0882. The van der Waals surface area contributed by atoms with Crippen LogP contribution in [-0.4, -0.2) is 28.9 Å². The van der Waals surface area contributed by atoms with Crippen molar-refractivity contribution in [2.75, 3.05) is 13.1 Å². The van der Waals surface area contributed by atoms with Crippen LogP contribution in [0.1, 0.15) is 35.4 Å². The van der Waals surface area contributed by atoms with Crippen molar-refractivity contribution in [2.45, 2.75) is 38.8 Å². The second-order valence-electron chi connectivity index (χ2n) is 7.10. The lowest BCUT2D eigenvalue weighted by Gasteiger charge is -2.17. The van der Waals surface area contributed by atoms with E-state index in [1.807, 2.05) is 18.2 Å². The first-order valence-corrected chi connectivity index (χ1v) is 10.5. The van der Waals surface area contributed by atoms with Gasteiger partial charge in [0.25, 0.3) is 0 Å². The van der Waals surface area contributed by atoms with Gasteiger partial charge in [-0.2, -0.15) is 0 Å². The zero-order chi connectivity index (χ0) is 18.5. The topological polar surface area (TPSA) is 45.2 Å². The van der Waals surface area contributed by atoms with E-state index in [-0.39, 0.29) is 5.91 Å². The van der Waals surface area contributed by atoms with Crippen LogP contribution >= 0.6 is 11.3 Å². The number of aromatic nitrogens is 1. The van der Waals surface area contributed by atoms with E-state index in [4.69, 9.17) is 0 Å². The van der Waals surface area contributed by atoms with Gasteiger partial charge in [-0.3, -0.25) is 9.69 Å². The fourth-order valence-corrected chi connectivity index (χ4v) is 4.56. The number of fused-ring (bicyclic) bond motifs is 1. The molecule has 0 bridgehead atoms. The summed E-state index contributed by atoms with van der Waals surface area (Å²) in [7, 11) is 0. The predicted octanol–water partition coefficient (Wildman–Crippen LogP) is 4.14. The third kappa shape index (κ3) is 4.73. The number of carbonyl (C=O) groups is 1. The summed E-state index contributed by atoms with van der Waals surface area (Å²) >= 11 is 1.68. The number of hydrogen-bond acceptors (Lipinski definition) is 4. The van der Waals surface area contributed by atoms with E-state index >= 15 is 0 Å². The molecule has 5 heteroatoms. The molecule has 1 N–H and O–H groups in total. The van der Waals surface area contributed by atoms with E-state index in [2.05, 4.69) is 45.5 Å². The van der Waals surface area contributed by atoms with Crippen LogP contribution < -0.4 is 5.32 Å². The molecule has 0 radical (unpaired) electrons. The van der Waals surface area contributed by atoms with Gasteiger partial charge in [-0.15, -0.1) is 11.3 Å². The molecule has 0 spiro atoms.